The van der Waals surface area contributed by atoms with Crippen molar-refractivity contribution in [3.63, 3.8) is 0 Å². The van der Waals surface area contributed by atoms with Gasteiger partial charge in [0.15, 0.2) is 0 Å². The number of hydrogen-bond acceptors (Lipinski definition) is 4. The molecule has 5 nitrogen and oxygen atoms in total. The molecule has 2 aliphatic rings. The number of nitrogens with one attached hydrogen (secondary N) is 1. The van der Waals surface area contributed by atoms with Crippen LogP contribution in [-0.2, 0) is 22.9 Å². The van der Waals surface area contributed by atoms with Crippen LogP contribution in [0, 0.1) is 11.8 Å². The highest BCUT2D eigenvalue weighted by atomic mass is 32.2. The zero-order valence-electron chi connectivity index (χ0n) is 19.1. The molecular weight excluding hydrogens is 420 g/mol. The van der Waals surface area contributed by atoms with Crippen LogP contribution < -0.4 is 10.1 Å². The molecule has 6 heteroatoms. The normalized spacial score (nSPS) is 20.1. The number of benzene rings is 2. The number of piperidine rings is 1. The average molecular weight is 457 g/mol. The van der Waals surface area contributed by atoms with Gasteiger partial charge in [-0.2, -0.15) is 4.31 Å². The van der Waals surface area contributed by atoms with Gasteiger partial charge in [0.05, 0.1) is 12.0 Å². The fraction of sp³-hybridized carbons (Fsp3) is 0.538. The first-order valence-electron chi connectivity index (χ1n) is 12.0. The van der Waals surface area contributed by atoms with Crippen molar-refractivity contribution in [2.75, 3.05) is 33.3 Å². The van der Waals surface area contributed by atoms with Crippen molar-refractivity contribution in [1.82, 2.24) is 9.62 Å². The molecular formula is C26H36N2O3S. The molecule has 1 N–H and O–H groups in total. The molecule has 0 bridgehead atoms. The first-order chi connectivity index (χ1) is 15.6. The van der Waals surface area contributed by atoms with Gasteiger partial charge in [0.25, 0.3) is 0 Å². The second kappa shape index (κ2) is 10.8. The summed E-state index contributed by atoms with van der Waals surface area (Å²) in [6.45, 7) is 3.27. The number of methoxy groups -OCH3 is 1. The van der Waals surface area contributed by atoms with Crippen molar-refractivity contribution in [2.24, 2.45) is 11.8 Å². The van der Waals surface area contributed by atoms with Crippen LogP contribution in [0.2, 0.25) is 0 Å². The Labute approximate surface area is 193 Å². The first kappa shape index (κ1) is 23.3. The van der Waals surface area contributed by atoms with Gasteiger partial charge in [-0.1, -0.05) is 24.3 Å². The van der Waals surface area contributed by atoms with Gasteiger partial charge in [-0.25, -0.2) is 8.42 Å². The molecule has 174 valence electrons. The first-order valence-corrected chi connectivity index (χ1v) is 13.4. The number of ether oxygens (including phenoxy) is 1. The SMILES string of the molecule is COc1ccc2c(c1)CC(CCCNCC1CCN(S(=O)(=O)c3ccccc3)CC1)CC2. The summed E-state index contributed by atoms with van der Waals surface area (Å²) in [7, 11) is -1.61. The summed E-state index contributed by atoms with van der Waals surface area (Å²) in [5.41, 5.74) is 2.95. The van der Waals surface area contributed by atoms with E-state index in [-0.39, 0.29) is 0 Å². The predicted molar refractivity (Wildman–Crippen MR) is 129 cm³/mol. The smallest absolute Gasteiger partial charge is 0.243 e. The third-order valence-electron chi connectivity index (χ3n) is 7.10. The van der Waals surface area contributed by atoms with Crippen molar-refractivity contribution in [3.8, 4) is 5.75 Å². The van der Waals surface area contributed by atoms with Crippen molar-refractivity contribution >= 4 is 10.0 Å². The van der Waals surface area contributed by atoms with E-state index in [1.165, 1.54) is 43.2 Å². The number of aryl methyl sites for hydroxylation is 1. The summed E-state index contributed by atoms with van der Waals surface area (Å²) in [5.74, 6) is 2.29. The highest BCUT2D eigenvalue weighted by molar-refractivity contribution is 7.89. The molecule has 2 aromatic rings. The van der Waals surface area contributed by atoms with Crippen LogP contribution in [-0.4, -0.2) is 46.0 Å². The third-order valence-corrected chi connectivity index (χ3v) is 9.01. The van der Waals surface area contributed by atoms with Crippen molar-refractivity contribution < 1.29 is 13.2 Å². The van der Waals surface area contributed by atoms with Crippen LogP contribution in [0.1, 0.15) is 43.2 Å². The molecule has 0 radical (unpaired) electrons. The maximum absolute atomic E-state index is 12.8. The number of nitrogens with zero attached hydrogens (tertiary/aromatic N) is 1. The predicted octanol–water partition coefficient (Wildman–Crippen LogP) is 4.27. The van der Waals surface area contributed by atoms with Crippen molar-refractivity contribution in [1.29, 1.82) is 0 Å². The van der Waals surface area contributed by atoms with Gasteiger partial charge >= 0.3 is 0 Å². The lowest BCUT2D eigenvalue weighted by atomic mass is 9.81. The number of hydrogen-bond donors (Lipinski definition) is 1. The van der Waals surface area contributed by atoms with Crippen LogP contribution >= 0.6 is 0 Å². The molecule has 0 spiro atoms. The zero-order valence-corrected chi connectivity index (χ0v) is 19.9. The van der Waals surface area contributed by atoms with Gasteiger partial charge in [0, 0.05) is 13.1 Å². The molecule has 0 amide bonds. The minimum absolute atomic E-state index is 0.403. The minimum Gasteiger partial charge on any atom is -0.497 e. The fourth-order valence-electron chi connectivity index (χ4n) is 5.10. The Balaban J connectivity index is 1.13. The van der Waals surface area contributed by atoms with E-state index < -0.39 is 10.0 Å². The molecule has 0 saturated carbocycles. The van der Waals surface area contributed by atoms with E-state index in [2.05, 4.69) is 23.5 Å². The summed E-state index contributed by atoms with van der Waals surface area (Å²) in [4.78, 5) is 0.403. The van der Waals surface area contributed by atoms with E-state index in [4.69, 9.17) is 4.74 Å². The Kier molecular flexibility index (Phi) is 7.87. The van der Waals surface area contributed by atoms with Crippen molar-refractivity contribution in [3.05, 3.63) is 59.7 Å². The molecule has 32 heavy (non-hydrogen) atoms. The Hall–Kier alpha value is -1.89. The lowest BCUT2D eigenvalue weighted by molar-refractivity contribution is 0.266. The quantitative estimate of drug-likeness (QED) is 0.573. The lowest BCUT2D eigenvalue weighted by Gasteiger charge is -2.31. The molecule has 1 atom stereocenters. The van der Waals surface area contributed by atoms with E-state index in [9.17, 15) is 8.42 Å². The van der Waals surface area contributed by atoms with E-state index >= 15 is 0 Å². The van der Waals surface area contributed by atoms with E-state index in [1.807, 2.05) is 6.07 Å². The van der Waals surface area contributed by atoms with Crippen LogP contribution in [0.3, 0.4) is 0 Å². The summed E-state index contributed by atoms with van der Waals surface area (Å²) in [6, 6.07) is 15.3. The second-order valence-corrected chi connectivity index (χ2v) is 11.2. The molecule has 1 fully saturated rings. The Morgan fingerprint density at radius 3 is 2.53 bits per heavy atom. The van der Waals surface area contributed by atoms with Gasteiger partial charge in [-0.05, 0) is 105 Å². The van der Waals surface area contributed by atoms with Gasteiger partial charge in [0.2, 0.25) is 10.0 Å². The molecule has 1 heterocycles. The zero-order chi connectivity index (χ0) is 22.4. The number of sulfonamides is 1. The topological polar surface area (TPSA) is 58.6 Å². The largest absolute Gasteiger partial charge is 0.497 e. The van der Waals surface area contributed by atoms with Crippen LogP contribution in [0.25, 0.3) is 0 Å². The molecule has 0 aromatic heterocycles. The molecule has 1 aliphatic carbocycles. The average Bonchev–Trinajstić information content (AvgIpc) is 2.84. The van der Waals surface area contributed by atoms with Crippen LogP contribution in [0.5, 0.6) is 5.75 Å². The van der Waals surface area contributed by atoms with Gasteiger partial charge < -0.3 is 10.1 Å². The van der Waals surface area contributed by atoms with Gasteiger partial charge in [0.1, 0.15) is 5.75 Å². The summed E-state index contributed by atoms with van der Waals surface area (Å²) < 4.78 is 32.6. The monoisotopic (exact) mass is 456 g/mol. The third kappa shape index (κ3) is 5.72. The van der Waals surface area contributed by atoms with Gasteiger partial charge in [-0.3, -0.25) is 0 Å². The Morgan fingerprint density at radius 2 is 1.78 bits per heavy atom. The lowest BCUT2D eigenvalue weighted by Crippen LogP contribution is -2.40. The van der Waals surface area contributed by atoms with E-state index in [0.29, 0.717) is 23.9 Å². The molecule has 4 rings (SSSR count). The molecule has 1 unspecified atom stereocenters. The Morgan fingerprint density at radius 1 is 1.00 bits per heavy atom. The summed E-state index contributed by atoms with van der Waals surface area (Å²) in [6.07, 6.45) is 7.96. The minimum atomic E-state index is -3.35. The second-order valence-electron chi connectivity index (χ2n) is 9.25. The summed E-state index contributed by atoms with van der Waals surface area (Å²) >= 11 is 0. The van der Waals surface area contributed by atoms with E-state index in [1.54, 1.807) is 35.7 Å². The Bertz CT molecular complexity index is 970. The molecule has 2 aromatic carbocycles. The molecule has 1 saturated heterocycles. The van der Waals surface area contributed by atoms with Crippen LogP contribution in [0.4, 0.5) is 0 Å². The number of fused-ring (bicyclic) bond motifs is 1. The van der Waals surface area contributed by atoms with Crippen LogP contribution in [0.15, 0.2) is 53.4 Å². The highest BCUT2D eigenvalue weighted by Crippen LogP contribution is 2.30. The molecule has 1 aliphatic heterocycles. The maximum atomic E-state index is 12.8. The van der Waals surface area contributed by atoms with Gasteiger partial charge in [-0.15, -0.1) is 0 Å². The highest BCUT2D eigenvalue weighted by Gasteiger charge is 2.29. The van der Waals surface area contributed by atoms with E-state index in [0.717, 1.165) is 37.6 Å². The number of rotatable bonds is 9. The fourth-order valence-corrected chi connectivity index (χ4v) is 6.59. The summed E-state index contributed by atoms with van der Waals surface area (Å²) in [5, 5.41) is 3.63. The van der Waals surface area contributed by atoms with Crippen molar-refractivity contribution in [2.45, 2.75) is 49.8 Å². The standard InChI is InChI=1S/C26H36N2O3S/c1-31-25-12-11-23-10-9-21(18-24(23)19-25)6-5-15-27-20-22-13-16-28(17-14-22)32(29,30)26-7-3-2-4-8-26/h2-4,7-8,11-12,19,21-22,27H,5-6,9-10,13-18,20H2,1H3. The maximum Gasteiger partial charge on any atom is 0.243 e.